The van der Waals surface area contributed by atoms with Crippen LogP contribution in [0.5, 0.6) is 0 Å². The third kappa shape index (κ3) is 4.83. The summed E-state index contributed by atoms with van der Waals surface area (Å²) in [5, 5.41) is 9.86. The standard InChI is InChI=1S/C21H34O6/c1-19(2,12-25-17(23)20(3)8-5-6-14(22)10-20)13-26-18(24)21(4)9-7-15-16(11-21)27-15/h14-16,22H,5-13H2,1-4H3/t14-,15?,16?,20?,21?/m1/s1. The number of esters is 2. The van der Waals surface area contributed by atoms with Gasteiger partial charge in [-0.3, -0.25) is 9.59 Å². The monoisotopic (exact) mass is 382 g/mol. The van der Waals surface area contributed by atoms with E-state index in [1.165, 1.54) is 0 Å². The Morgan fingerprint density at radius 1 is 1.00 bits per heavy atom. The van der Waals surface area contributed by atoms with E-state index in [4.69, 9.17) is 14.2 Å². The van der Waals surface area contributed by atoms with E-state index in [-0.39, 0.29) is 31.3 Å². The van der Waals surface area contributed by atoms with Gasteiger partial charge in [0, 0.05) is 5.41 Å². The molecule has 3 fully saturated rings. The summed E-state index contributed by atoms with van der Waals surface area (Å²) in [6.07, 6.45) is 5.34. The van der Waals surface area contributed by atoms with Crippen LogP contribution in [0.15, 0.2) is 0 Å². The minimum absolute atomic E-state index is 0.182. The molecule has 2 saturated carbocycles. The molecule has 0 bridgehead atoms. The van der Waals surface area contributed by atoms with Gasteiger partial charge in [0.1, 0.15) is 0 Å². The smallest absolute Gasteiger partial charge is 0.311 e. The molecule has 4 unspecified atom stereocenters. The quantitative estimate of drug-likeness (QED) is 0.561. The van der Waals surface area contributed by atoms with Gasteiger partial charge in [-0.25, -0.2) is 0 Å². The summed E-state index contributed by atoms with van der Waals surface area (Å²) >= 11 is 0. The van der Waals surface area contributed by atoms with E-state index in [0.717, 1.165) is 38.5 Å². The average molecular weight is 382 g/mol. The first-order chi connectivity index (χ1) is 12.5. The second-order valence-corrected chi connectivity index (χ2v) is 10.1. The Morgan fingerprint density at radius 2 is 1.59 bits per heavy atom. The lowest BCUT2D eigenvalue weighted by atomic mass is 9.74. The van der Waals surface area contributed by atoms with Crippen LogP contribution in [-0.2, 0) is 23.8 Å². The van der Waals surface area contributed by atoms with Crippen molar-refractivity contribution in [2.75, 3.05) is 13.2 Å². The van der Waals surface area contributed by atoms with Crippen LogP contribution < -0.4 is 0 Å². The molecule has 2 aliphatic carbocycles. The van der Waals surface area contributed by atoms with Gasteiger partial charge >= 0.3 is 11.9 Å². The number of fused-ring (bicyclic) bond motifs is 1. The maximum absolute atomic E-state index is 12.6. The number of carbonyl (C=O) groups excluding carboxylic acids is 2. The van der Waals surface area contributed by atoms with Crippen molar-refractivity contribution < 1.29 is 28.9 Å². The molecule has 0 amide bonds. The molecule has 0 aromatic rings. The Bertz CT molecular complexity index is 559. The first-order valence-electron chi connectivity index (χ1n) is 10.2. The molecule has 3 rings (SSSR count). The van der Waals surface area contributed by atoms with Crippen LogP contribution in [0.25, 0.3) is 0 Å². The summed E-state index contributed by atoms with van der Waals surface area (Å²) in [6.45, 7) is 8.07. The topological polar surface area (TPSA) is 85.4 Å². The van der Waals surface area contributed by atoms with E-state index in [2.05, 4.69) is 0 Å². The van der Waals surface area contributed by atoms with Gasteiger partial charge in [-0.2, -0.15) is 0 Å². The summed E-state index contributed by atoms with van der Waals surface area (Å²) in [4.78, 5) is 25.1. The predicted octanol–water partition coefficient (Wildman–Crippen LogP) is 3.00. The molecule has 5 atom stereocenters. The Labute approximate surface area is 161 Å². The lowest BCUT2D eigenvalue weighted by Crippen LogP contribution is -2.40. The Morgan fingerprint density at radius 3 is 2.15 bits per heavy atom. The van der Waals surface area contributed by atoms with Crippen LogP contribution in [0.1, 0.15) is 72.6 Å². The lowest BCUT2D eigenvalue weighted by molar-refractivity contribution is -0.167. The van der Waals surface area contributed by atoms with Gasteiger partial charge in [0.2, 0.25) is 0 Å². The van der Waals surface area contributed by atoms with Crippen molar-refractivity contribution in [1.29, 1.82) is 0 Å². The molecule has 1 N–H and O–H groups in total. The number of ether oxygens (including phenoxy) is 3. The van der Waals surface area contributed by atoms with Crippen molar-refractivity contribution in [2.24, 2.45) is 16.2 Å². The van der Waals surface area contributed by atoms with Crippen LogP contribution in [-0.4, -0.2) is 48.6 Å². The number of hydrogen-bond donors (Lipinski definition) is 1. The van der Waals surface area contributed by atoms with Gasteiger partial charge in [-0.15, -0.1) is 0 Å². The minimum Gasteiger partial charge on any atom is -0.465 e. The molecule has 154 valence electrons. The normalized spacial score (nSPS) is 38.6. The highest BCUT2D eigenvalue weighted by molar-refractivity contribution is 5.77. The lowest BCUT2D eigenvalue weighted by Gasteiger charge is -2.35. The van der Waals surface area contributed by atoms with E-state index in [1.807, 2.05) is 27.7 Å². The Hall–Kier alpha value is -1.14. The van der Waals surface area contributed by atoms with Crippen molar-refractivity contribution in [1.82, 2.24) is 0 Å². The second kappa shape index (κ2) is 7.36. The van der Waals surface area contributed by atoms with Crippen LogP contribution in [0, 0.1) is 16.2 Å². The molecule has 27 heavy (non-hydrogen) atoms. The maximum atomic E-state index is 12.6. The molecule has 6 heteroatoms. The summed E-state index contributed by atoms with van der Waals surface area (Å²) < 4.78 is 16.7. The van der Waals surface area contributed by atoms with Crippen molar-refractivity contribution >= 4 is 11.9 Å². The fourth-order valence-corrected chi connectivity index (χ4v) is 4.35. The molecule has 1 aliphatic heterocycles. The van der Waals surface area contributed by atoms with Gasteiger partial charge in [0.25, 0.3) is 0 Å². The van der Waals surface area contributed by atoms with Crippen molar-refractivity contribution in [3.8, 4) is 0 Å². The molecule has 0 spiro atoms. The molecular formula is C21H34O6. The molecule has 1 heterocycles. The fraction of sp³-hybridized carbons (Fsp3) is 0.905. The largest absolute Gasteiger partial charge is 0.465 e. The highest BCUT2D eigenvalue weighted by Gasteiger charge is 2.52. The van der Waals surface area contributed by atoms with Crippen LogP contribution in [0.2, 0.25) is 0 Å². The van der Waals surface area contributed by atoms with Crippen LogP contribution >= 0.6 is 0 Å². The van der Waals surface area contributed by atoms with E-state index in [0.29, 0.717) is 12.5 Å². The zero-order chi connectivity index (χ0) is 19.9. The van der Waals surface area contributed by atoms with Crippen molar-refractivity contribution in [3.05, 3.63) is 0 Å². The van der Waals surface area contributed by atoms with Crippen molar-refractivity contribution in [3.63, 3.8) is 0 Å². The minimum atomic E-state index is -0.624. The van der Waals surface area contributed by atoms with Crippen LogP contribution in [0.3, 0.4) is 0 Å². The fourth-order valence-electron chi connectivity index (χ4n) is 4.35. The number of aliphatic hydroxyl groups excluding tert-OH is 1. The molecule has 1 saturated heterocycles. The number of carbonyl (C=O) groups is 2. The van der Waals surface area contributed by atoms with Gasteiger partial charge < -0.3 is 19.3 Å². The first-order valence-corrected chi connectivity index (χ1v) is 10.2. The number of rotatable bonds is 6. The van der Waals surface area contributed by atoms with Gasteiger partial charge in [-0.1, -0.05) is 13.8 Å². The van der Waals surface area contributed by atoms with E-state index in [9.17, 15) is 14.7 Å². The summed E-state index contributed by atoms with van der Waals surface area (Å²) in [6, 6.07) is 0. The second-order valence-electron chi connectivity index (χ2n) is 10.1. The Balaban J connectivity index is 1.45. The Kier molecular flexibility index (Phi) is 5.61. The van der Waals surface area contributed by atoms with E-state index >= 15 is 0 Å². The molecule has 3 aliphatic rings. The molecule has 0 aromatic heterocycles. The highest BCUT2D eigenvalue weighted by Crippen LogP contribution is 2.47. The highest BCUT2D eigenvalue weighted by atomic mass is 16.6. The molecule has 0 radical (unpaired) electrons. The van der Waals surface area contributed by atoms with Gasteiger partial charge in [-0.05, 0) is 58.8 Å². The number of aliphatic hydroxyl groups is 1. The zero-order valence-electron chi connectivity index (χ0n) is 17.1. The first kappa shape index (κ1) is 20.6. The molecule has 0 aromatic carbocycles. The predicted molar refractivity (Wildman–Crippen MR) is 98.9 cm³/mol. The summed E-state index contributed by atoms with van der Waals surface area (Å²) in [5.74, 6) is -0.449. The van der Waals surface area contributed by atoms with Crippen molar-refractivity contribution in [2.45, 2.75) is 91.0 Å². The molecular weight excluding hydrogens is 348 g/mol. The summed E-state index contributed by atoms with van der Waals surface area (Å²) in [5.41, 5.74) is -1.56. The number of hydrogen-bond acceptors (Lipinski definition) is 6. The van der Waals surface area contributed by atoms with E-state index < -0.39 is 22.3 Å². The average Bonchev–Trinajstić information content (AvgIpc) is 3.35. The summed E-state index contributed by atoms with van der Waals surface area (Å²) in [7, 11) is 0. The zero-order valence-corrected chi connectivity index (χ0v) is 17.1. The van der Waals surface area contributed by atoms with Gasteiger partial charge in [0.05, 0.1) is 42.4 Å². The van der Waals surface area contributed by atoms with Crippen LogP contribution in [0.4, 0.5) is 0 Å². The SMILES string of the molecule is CC(C)(COC(=O)C1(C)CCC2OC2C1)COC(=O)C1(C)CCC[C@@H](O)C1. The van der Waals surface area contributed by atoms with Gasteiger partial charge in [0.15, 0.2) is 0 Å². The molecule has 6 nitrogen and oxygen atoms in total. The maximum Gasteiger partial charge on any atom is 0.311 e. The third-order valence-electron chi connectivity index (χ3n) is 6.45. The number of epoxide rings is 1. The van der Waals surface area contributed by atoms with E-state index in [1.54, 1.807) is 0 Å². The third-order valence-corrected chi connectivity index (χ3v) is 6.45.